The molecule has 0 spiro atoms. The molecule has 0 bridgehead atoms. The van der Waals surface area contributed by atoms with Gasteiger partial charge in [0, 0.05) is 10.0 Å². The topological polar surface area (TPSA) is 20.2 Å². The van der Waals surface area contributed by atoms with Crippen molar-refractivity contribution in [1.29, 1.82) is 0 Å². The van der Waals surface area contributed by atoms with Crippen molar-refractivity contribution in [1.82, 2.24) is 0 Å². The predicted octanol–water partition coefficient (Wildman–Crippen LogP) is 3.95. The first-order valence-electron chi connectivity index (χ1n) is 5.07. The molecule has 0 radical (unpaired) electrons. The summed E-state index contributed by atoms with van der Waals surface area (Å²) in [6, 6.07) is 7.14. The van der Waals surface area contributed by atoms with Gasteiger partial charge in [-0.2, -0.15) is 0 Å². The van der Waals surface area contributed by atoms with Gasteiger partial charge in [-0.1, -0.05) is 34.1 Å². The normalized spacial score (nSPS) is 12.5. The summed E-state index contributed by atoms with van der Waals surface area (Å²) in [6.45, 7) is 0. The van der Waals surface area contributed by atoms with Gasteiger partial charge in [-0.05, 0) is 23.8 Å². The number of benzene rings is 2. The second kappa shape index (κ2) is 5.12. The standard InChI is InChI=1S/C13H8BrF3O/c14-10-6-7(15)4-5-8(10)13(18)9-2-1-3-11(16)12(9)17/h1-6,13,18H. The Morgan fingerprint density at radius 2 is 1.72 bits per heavy atom. The average molecular weight is 317 g/mol. The van der Waals surface area contributed by atoms with Crippen LogP contribution >= 0.6 is 15.9 Å². The lowest BCUT2D eigenvalue weighted by atomic mass is 10.0. The lowest BCUT2D eigenvalue weighted by Crippen LogP contribution is -2.05. The lowest BCUT2D eigenvalue weighted by molar-refractivity contribution is 0.212. The molecule has 1 atom stereocenters. The zero-order chi connectivity index (χ0) is 13.3. The molecule has 1 N–H and O–H groups in total. The highest BCUT2D eigenvalue weighted by Gasteiger charge is 2.19. The first-order valence-corrected chi connectivity index (χ1v) is 5.87. The molecule has 0 aliphatic heterocycles. The molecule has 94 valence electrons. The molecule has 5 heteroatoms. The van der Waals surface area contributed by atoms with E-state index in [4.69, 9.17) is 0 Å². The fourth-order valence-corrected chi connectivity index (χ4v) is 2.19. The molecule has 2 rings (SSSR count). The summed E-state index contributed by atoms with van der Waals surface area (Å²) in [5.74, 6) is -2.64. The van der Waals surface area contributed by atoms with Crippen LogP contribution in [0.1, 0.15) is 17.2 Å². The van der Waals surface area contributed by atoms with Crippen molar-refractivity contribution in [2.45, 2.75) is 6.10 Å². The van der Waals surface area contributed by atoms with Crippen molar-refractivity contribution < 1.29 is 18.3 Å². The van der Waals surface area contributed by atoms with Gasteiger partial charge < -0.3 is 5.11 Å². The maximum Gasteiger partial charge on any atom is 0.164 e. The van der Waals surface area contributed by atoms with E-state index in [9.17, 15) is 18.3 Å². The largest absolute Gasteiger partial charge is 0.384 e. The summed E-state index contributed by atoms with van der Waals surface area (Å²) >= 11 is 3.07. The maximum absolute atomic E-state index is 13.5. The van der Waals surface area contributed by atoms with Gasteiger partial charge in [-0.15, -0.1) is 0 Å². The molecule has 1 unspecified atom stereocenters. The first kappa shape index (κ1) is 13.1. The third kappa shape index (κ3) is 2.42. The molecule has 0 aromatic heterocycles. The minimum Gasteiger partial charge on any atom is -0.384 e. The molecule has 2 aromatic rings. The second-order valence-corrected chi connectivity index (χ2v) is 4.57. The number of aliphatic hydroxyl groups is 1. The highest BCUT2D eigenvalue weighted by molar-refractivity contribution is 9.10. The van der Waals surface area contributed by atoms with Gasteiger partial charge in [-0.3, -0.25) is 0 Å². The molecule has 0 saturated heterocycles. The van der Waals surface area contributed by atoms with Gasteiger partial charge in [0.05, 0.1) is 0 Å². The molecule has 2 aromatic carbocycles. The summed E-state index contributed by atoms with van der Waals surface area (Å²) in [4.78, 5) is 0. The van der Waals surface area contributed by atoms with Crippen molar-refractivity contribution in [3.8, 4) is 0 Å². The Labute approximate surface area is 110 Å². The zero-order valence-electron chi connectivity index (χ0n) is 9.00. The van der Waals surface area contributed by atoms with Crippen LogP contribution in [-0.4, -0.2) is 5.11 Å². The van der Waals surface area contributed by atoms with Crippen molar-refractivity contribution in [3.63, 3.8) is 0 Å². The molecule has 1 nitrogen and oxygen atoms in total. The Morgan fingerprint density at radius 3 is 2.39 bits per heavy atom. The van der Waals surface area contributed by atoms with Crippen molar-refractivity contribution in [2.24, 2.45) is 0 Å². The highest BCUT2D eigenvalue weighted by Crippen LogP contribution is 2.30. The van der Waals surface area contributed by atoms with E-state index < -0.39 is 23.6 Å². The third-order valence-corrected chi connectivity index (χ3v) is 3.22. The number of hydrogen-bond acceptors (Lipinski definition) is 1. The van der Waals surface area contributed by atoms with Gasteiger partial charge in [-0.25, -0.2) is 13.2 Å². The quantitative estimate of drug-likeness (QED) is 0.889. The zero-order valence-corrected chi connectivity index (χ0v) is 10.6. The second-order valence-electron chi connectivity index (χ2n) is 3.71. The van der Waals surface area contributed by atoms with Gasteiger partial charge in [0.2, 0.25) is 0 Å². The molecule has 0 aliphatic carbocycles. The van der Waals surface area contributed by atoms with Crippen LogP contribution in [0.15, 0.2) is 40.9 Å². The summed E-state index contributed by atoms with van der Waals surface area (Å²) in [5, 5.41) is 10.0. The fraction of sp³-hybridized carbons (Fsp3) is 0.0769. The van der Waals surface area contributed by atoms with E-state index in [2.05, 4.69) is 15.9 Å². The number of hydrogen-bond donors (Lipinski definition) is 1. The molecule has 0 saturated carbocycles. The van der Waals surface area contributed by atoms with Crippen LogP contribution in [0.25, 0.3) is 0 Å². The van der Waals surface area contributed by atoms with Crippen LogP contribution in [0.3, 0.4) is 0 Å². The average Bonchev–Trinajstić information content (AvgIpc) is 2.32. The Kier molecular flexibility index (Phi) is 3.73. The summed E-state index contributed by atoms with van der Waals surface area (Å²) in [7, 11) is 0. The Hall–Kier alpha value is -1.33. The molecule has 0 amide bonds. The fourth-order valence-electron chi connectivity index (χ4n) is 1.62. The smallest absolute Gasteiger partial charge is 0.164 e. The van der Waals surface area contributed by atoms with Crippen LogP contribution in [0.5, 0.6) is 0 Å². The number of aliphatic hydroxyl groups excluding tert-OH is 1. The number of rotatable bonds is 2. The third-order valence-electron chi connectivity index (χ3n) is 2.53. The van der Waals surface area contributed by atoms with Crippen LogP contribution < -0.4 is 0 Å². The molecule has 0 fully saturated rings. The number of halogens is 4. The minimum absolute atomic E-state index is 0.192. The van der Waals surface area contributed by atoms with Gasteiger partial charge in [0.15, 0.2) is 11.6 Å². The Morgan fingerprint density at radius 1 is 1.00 bits per heavy atom. The summed E-state index contributed by atoms with van der Waals surface area (Å²) < 4.78 is 39.8. The Bertz CT molecular complexity index is 586. The van der Waals surface area contributed by atoms with Crippen LogP contribution in [0.2, 0.25) is 0 Å². The first-order chi connectivity index (χ1) is 8.50. The maximum atomic E-state index is 13.5. The monoisotopic (exact) mass is 316 g/mol. The van der Waals surface area contributed by atoms with Gasteiger partial charge in [0.1, 0.15) is 11.9 Å². The molecule has 0 heterocycles. The van der Waals surface area contributed by atoms with E-state index >= 15 is 0 Å². The summed E-state index contributed by atoms with van der Waals surface area (Å²) in [5.41, 5.74) is 0.0724. The SMILES string of the molecule is OC(c1ccc(F)cc1Br)c1cccc(F)c1F. The molecule has 18 heavy (non-hydrogen) atoms. The molecular weight excluding hydrogens is 309 g/mol. The van der Waals surface area contributed by atoms with E-state index in [1.54, 1.807) is 0 Å². The highest BCUT2D eigenvalue weighted by atomic mass is 79.9. The van der Waals surface area contributed by atoms with Crippen LogP contribution in [0.4, 0.5) is 13.2 Å². The van der Waals surface area contributed by atoms with Gasteiger partial charge in [0.25, 0.3) is 0 Å². The van der Waals surface area contributed by atoms with Crippen molar-refractivity contribution in [2.75, 3.05) is 0 Å². The predicted molar refractivity (Wildman–Crippen MR) is 64.5 cm³/mol. The van der Waals surface area contributed by atoms with Crippen molar-refractivity contribution in [3.05, 3.63) is 69.4 Å². The summed E-state index contributed by atoms with van der Waals surface area (Å²) in [6.07, 6.45) is -1.37. The van der Waals surface area contributed by atoms with E-state index in [1.165, 1.54) is 18.2 Å². The van der Waals surface area contributed by atoms with Crippen molar-refractivity contribution >= 4 is 15.9 Å². The van der Waals surface area contributed by atoms with E-state index in [0.29, 0.717) is 4.47 Å². The van der Waals surface area contributed by atoms with Crippen LogP contribution in [-0.2, 0) is 0 Å². The van der Waals surface area contributed by atoms with Gasteiger partial charge >= 0.3 is 0 Å². The van der Waals surface area contributed by atoms with E-state index in [0.717, 1.165) is 18.2 Å². The lowest BCUT2D eigenvalue weighted by Gasteiger charge is -2.14. The van der Waals surface area contributed by atoms with Crippen LogP contribution in [0, 0.1) is 17.5 Å². The molecule has 0 aliphatic rings. The Balaban J connectivity index is 2.48. The van der Waals surface area contributed by atoms with E-state index in [1.807, 2.05) is 0 Å². The van der Waals surface area contributed by atoms with E-state index in [-0.39, 0.29) is 11.1 Å². The molecular formula is C13H8BrF3O. The minimum atomic E-state index is -1.37.